The maximum absolute atomic E-state index is 12.1. The van der Waals surface area contributed by atoms with Gasteiger partial charge in [-0.15, -0.1) is 0 Å². The van der Waals surface area contributed by atoms with Gasteiger partial charge in [-0.1, -0.05) is 0 Å². The van der Waals surface area contributed by atoms with Crippen LogP contribution in [0.1, 0.15) is 11.1 Å². The molecule has 0 aliphatic rings. The molecule has 1 heterocycles. The fourth-order valence-electron chi connectivity index (χ4n) is 0.845. The van der Waals surface area contributed by atoms with Gasteiger partial charge in [0.2, 0.25) is 0 Å². The second kappa shape index (κ2) is 2.66. The Morgan fingerprint density at radius 1 is 1.42 bits per heavy atom. The van der Waals surface area contributed by atoms with Gasteiger partial charge in [0, 0.05) is 6.20 Å². The van der Waals surface area contributed by atoms with Crippen molar-refractivity contribution in [3.8, 4) is 0 Å². The molecule has 0 saturated carbocycles. The highest BCUT2D eigenvalue weighted by Crippen LogP contribution is 2.31. The summed E-state index contributed by atoms with van der Waals surface area (Å²) in [5.41, 5.74) is 4.47. The molecule has 5 heteroatoms. The number of aromatic nitrogens is 1. The van der Waals surface area contributed by atoms with Crippen molar-refractivity contribution in [2.45, 2.75) is 13.1 Å². The van der Waals surface area contributed by atoms with E-state index < -0.39 is 11.7 Å². The summed E-state index contributed by atoms with van der Waals surface area (Å²) < 4.78 is 36.4. The van der Waals surface area contributed by atoms with Gasteiger partial charge in [-0.05, 0) is 18.6 Å². The lowest BCUT2D eigenvalue weighted by Crippen LogP contribution is -2.08. The summed E-state index contributed by atoms with van der Waals surface area (Å²) in [5.74, 6) is -0.118. The van der Waals surface area contributed by atoms with Crippen LogP contribution in [-0.2, 0) is 6.18 Å². The van der Waals surface area contributed by atoms with Crippen molar-refractivity contribution in [2.75, 3.05) is 5.73 Å². The first-order chi connectivity index (χ1) is 5.41. The fourth-order valence-corrected chi connectivity index (χ4v) is 0.845. The monoisotopic (exact) mass is 176 g/mol. The van der Waals surface area contributed by atoms with E-state index in [0.717, 1.165) is 12.3 Å². The Balaban J connectivity index is 3.23. The number of pyridine rings is 1. The minimum Gasteiger partial charge on any atom is -0.384 e. The molecule has 1 rings (SSSR count). The van der Waals surface area contributed by atoms with Crippen molar-refractivity contribution >= 4 is 5.82 Å². The zero-order valence-corrected chi connectivity index (χ0v) is 6.31. The summed E-state index contributed by atoms with van der Waals surface area (Å²) >= 11 is 0. The van der Waals surface area contributed by atoms with Crippen LogP contribution in [0.2, 0.25) is 0 Å². The van der Waals surface area contributed by atoms with Gasteiger partial charge in [-0.25, -0.2) is 4.98 Å². The number of halogens is 3. The first-order valence-electron chi connectivity index (χ1n) is 3.20. The number of anilines is 1. The summed E-state index contributed by atoms with van der Waals surface area (Å²) in [5, 5.41) is 0. The van der Waals surface area contributed by atoms with Crippen LogP contribution in [0.15, 0.2) is 12.3 Å². The number of hydrogen-bond donors (Lipinski definition) is 1. The molecule has 12 heavy (non-hydrogen) atoms. The molecule has 0 amide bonds. The van der Waals surface area contributed by atoms with E-state index in [1.165, 1.54) is 6.92 Å². The van der Waals surface area contributed by atoms with Crippen LogP contribution in [0, 0.1) is 6.92 Å². The predicted octanol–water partition coefficient (Wildman–Crippen LogP) is 1.99. The highest BCUT2D eigenvalue weighted by molar-refractivity contribution is 5.37. The molecule has 0 bridgehead atoms. The molecule has 1 aromatic heterocycles. The van der Waals surface area contributed by atoms with E-state index in [9.17, 15) is 13.2 Å². The minimum absolute atomic E-state index is 0.0803. The standard InChI is InChI=1S/C7H7F3N2/c1-4-3-12-6(11)2-5(4)7(8,9)10/h2-3H,1H3,(H2,11,12). The number of rotatable bonds is 0. The fraction of sp³-hybridized carbons (Fsp3) is 0.286. The molecule has 0 atom stereocenters. The highest BCUT2D eigenvalue weighted by Gasteiger charge is 2.32. The van der Waals surface area contributed by atoms with Crippen LogP contribution in [0.25, 0.3) is 0 Å². The number of hydrogen-bond acceptors (Lipinski definition) is 2. The van der Waals surface area contributed by atoms with E-state index in [0.29, 0.717) is 0 Å². The number of nitrogen functional groups attached to an aromatic ring is 1. The Hall–Kier alpha value is -1.26. The molecular weight excluding hydrogens is 169 g/mol. The van der Waals surface area contributed by atoms with Crippen LogP contribution in [0.3, 0.4) is 0 Å². The summed E-state index contributed by atoms with van der Waals surface area (Å²) in [4.78, 5) is 3.53. The predicted molar refractivity (Wildman–Crippen MR) is 38.4 cm³/mol. The van der Waals surface area contributed by atoms with Gasteiger partial charge in [0.25, 0.3) is 0 Å². The van der Waals surface area contributed by atoms with Gasteiger partial charge in [0.05, 0.1) is 5.56 Å². The Morgan fingerprint density at radius 3 is 2.42 bits per heavy atom. The third-order valence-electron chi connectivity index (χ3n) is 1.43. The first kappa shape index (κ1) is 8.83. The molecule has 0 aromatic carbocycles. The second-order valence-electron chi connectivity index (χ2n) is 2.42. The molecule has 2 nitrogen and oxygen atoms in total. The quantitative estimate of drug-likeness (QED) is 0.656. The SMILES string of the molecule is Cc1cnc(N)cc1C(F)(F)F. The average molecular weight is 176 g/mol. The molecule has 66 valence electrons. The molecule has 2 N–H and O–H groups in total. The number of aryl methyl sites for hydroxylation is 1. The summed E-state index contributed by atoms with van der Waals surface area (Å²) in [6.45, 7) is 1.34. The maximum Gasteiger partial charge on any atom is 0.416 e. The molecular formula is C7H7F3N2. The van der Waals surface area contributed by atoms with Gasteiger partial charge in [0.1, 0.15) is 5.82 Å². The van der Waals surface area contributed by atoms with Crippen LogP contribution in [-0.4, -0.2) is 4.98 Å². The van der Waals surface area contributed by atoms with E-state index in [1.807, 2.05) is 0 Å². The van der Waals surface area contributed by atoms with Crippen molar-refractivity contribution in [1.82, 2.24) is 4.98 Å². The Kier molecular flexibility index (Phi) is 1.95. The highest BCUT2D eigenvalue weighted by atomic mass is 19.4. The summed E-state index contributed by atoms with van der Waals surface area (Å²) in [6.07, 6.45) is -3.24. The summed E-state index contributed by atoms with van der Waals surface area (Å²) in [6, 6.07) is 0.829. The van der Waals surface area contributed by atoms with Crippen molar-refractivity contribution in [2.24, 2.45) is 0 Å². The van der Waals surface area contributed by atoms with Gasteiger partial charge in [-0.2, -0.15) is 13.2 Å². The lowest BCUT2D eigenvalue weighted by molar-refractivity contribution is -0.138. The normalized spacial score (nSPS) is 11.7. The first-order valence-corrected chi connectivity index (χ1v) is 3.20. The minimum atomic E-state index is -4.35. The molecule has 0 radical (unpaired) electrons. The Labute approximate surface area is 67.2 Å². The molecule has 0 spiro atoms. The van der Waals surface area contributed by atoms with Crippen molar-refractivity contribution in [1.29, 1.82) is 0 Å². The smallest absolute Gasteiger partial charge is 0.384 e. The third kappa shape index (κ3) is 1.66. The Morgan fingerprint density at radius 2 is 2.00 bits per heavy atom. The van der Waals surface area contributed by atoms with Crippen molar-refractivity contribution < 1.29 is 13.2 Å². The lowest BCUT2D eigenvalue weighted by Gasteiger charge is -2.09. The van der Waals surface area contributed by atoms with Crippen LogP contribution < -0.4 is 5.73 Å². The molecule has 0 aliphatic heterocycles. The van der Waals surface area contributed by atoms with Gasteiger partial charge < -0.3 is 5.73 Å². The van der Waals surface area contributed by atoms with Crippen molar-refractivity contribution in [3.05, 3.63) is 23.4 Å². The van der Waals surface area contributed by atoms with E-state index in [-0.39, 0.29) is 11.4 Å². The van der Waals surface area contributed by atoms with E-state index >= 15 is 0 Å². The molecule has 0 aliphatic carbocycles. The maximum atomic E-state index is 12.1. The van der Waals surface area contributed by atoms with E-state index in [2.05, 4.69) is 4.98 Å². The number of nitrogens with two attached hydrogens (primary N) is 1. The van der Waals surface area contributed by atoms with Gasteiger partial charge in [0.15, 0.2) is 0 Å². The van der Waals surface area contributed by atoms with Crippen molar-refractivity contribution in [3.63, 3.8) is 0 Å². The van der Waals surface area contributed by atoms with E-state index in [4.69, 9.17) is 5.73 Å². The number of nitrogens with zero attached hydrogens (tertiary/aromatic N) is 1. The molecule has 0 saturated heterocycles. The number of alkyl halides is 3. The van der Waals surface area contributed by atoms with E-state index in [1.54, 1.807) is 0 Å². The Bertz CT molecular complexity index is 293. The molecule has 1 aromatic rings. The lowest BCUT2D eigenvalue weighted by atomic mass is 10.1. The van der Waals surface area contributed by atoms with Gasteiger partial charge in [-0.3, -0.25) is 0 Å². The molecule has 0 fully saturated rings. The largest absolute Gasteiger partial charge is 0.416 e. The zero-order valence-electron chi connectivity index (χ0n) is 6.31. The second-order valence-corrected chi connectivity index (χ2v) is 2.42. The summed E-state index contributed by atoms with van der Waals surface area (Å²) in [7, 11) is 0. The molecule has 0 unspecified atom stereocenters. The van der Waals surface area contributed by atoms with Crippen LogP contribution in [0.5, 0.6) is 0 Å². The third-order valence-corrected chi connectivity index (χ3v) is 1.43. The van der Waals surface area contributed by atoms with Crippen LogP contribution >= 0.6 is 0 Å². The van der Waals surface area contributed by atoms with Gasteiger partial charge >= 0.3 is 6.18 Å². The average Bonchev–Trinajstić information content (AvgIpc) is 1.92. The topological polar surface area (TPSA) is 38.9 Å². The zero-order chi connectivity index (χ0) is 9.35. The van der Waals surface area contributed by atoms with Crippen LogP contribution in [0.4, 0.5) is 19.0 Å².